The number of benzene rings is 1. The van der Waals surface area contributed by atoms with Crippen LogP contribution >= 0.6 is 0 Å². The van der Waals surface area contributed by atoms with Crippen molar-refractivity contribution in [3.05, 3.63) is 71.5 Å². The monoisotopic (exact) mass is 461 g/mol. The Kier molecular flexibility index (Phi) is 7.72. The predicted octanol–water partition coefficient (Wildman–Crippen LogP) is 2.36. The molecule has 0 aliphatic heterocycles. The van der Waals surface area contributed by atoms with Crippen molar-refractivity contribution in [1.29, 1.82) is 5.41 Å². The average Bonchev–Trinajstić information content (AvgIpc) is 2.83. The van der Waals surface area contributed by atoms with E-state index in [-0.39, 0.29) is 17.6 Å². The highest BCUT2D eigenvalue weighted by Gasteiger charge is 2.14. The zero-order valence-electron chi connectivity index (χ0n) is 19.1. The normalized spacial score (nSPS) is 10.9. The number of hydrazone groups is 1. The zero-order chi connectivity index (χ0) is 24.7. The third-order valence-corrected chi connectivity index (χ3v) is 4.63. The minimum absolute atomic E-state index is 0.00937. The highest BCUT2D eigenvalue weighted by atomic mass is 16.5. The van der Waals surface area contributed by atoms with E-state index in [1.54, 1.807) is 49.5 Å². The van der Waals surface area contributed by atoms with Crippen molar-refractivity contribution in [1.82, 2.24) is 15.4 Å². The summed E-state index contributed by atoms with van der Waals surface area (Å²) in [4.78, 5) is 21.2. The predicted molar refractivity (Wildman–Crippen MR) is 133 cm³/mol. The molecule has 176 valence electrons. The number of hydrogen-bond acceptors (Lipinski definition) is 9. The molecule has 1 amide bonds. The van der Waals surface area contributed by atoms with Gasteiger partial charge >= 0.3 is 0 Å². The minimum Gasteiger partial charge on any atom is -0.491 e. The van der Waals surface area contributed by atoms with Crippen molar-refractivity contribution >= 4 is 35.3 Å². The fourth-order valence-electron chi connectivity index (χ4n) is 3.09. The van der Waals surface area contributed by atoms with Gasteiger partial charge in [-0.3, -0.25) is 10.2 Å². The van der Waals surface area contributed by atoms with Gasteiger partial charge < -0.3 is 21.6 Å². The molecule has 0 saturated carbocycles. The number of carbonyl (C=O) groups is 1. The Bertz CT molecular complexity index is 1210. The fourth-order valence-corrected chi connectivity index (χ4v) is 3.09. The summed E-state index contributed by atoms with van der Waals surface area (Å²) in [5, 5.41) is 16.3. The van der Waals surface area contributed by atoms with E-state index in [2.05, 4.69) is 25.8 Å². The zero-order valence-corrected chi connectivity index (χ0v) is 19.1. The van der Waals surface area contributed by atoms with Crippen LogP contribution in [0.5, 0.6) is 5.75 Å². The van der Waals surface area contributed by atoms with Crippen molar-refractivity contribution in [2.75, 3.05) is 23.1 Å². The van der Waals surface area contributed by atoms with E-state index >= 15 is 0 Å². The minimum atomic E-state index is -0.396. The first-order valence-electron chi connectivity index (χ1n) is 10.4. The Balaban J connectivity index is 1.81. The average molecular weight is 462 g/mol. The van der Waals surface area contributed by atoms with E-state index in [0.717, 1.165) is 0 Å². The number of nitrogens with one attached hydrogen (secondary N) is 3. The van der Waals surface area contributed by atoms with E-state index in [1.807, 2.05) is 13.8 Å². The molecule has 2 heterocycles. The summed E-state index contributed by atoms with van der Waals surface area (Å²) in [6.07, 6.45) is 4.33. The van der Waals surface area contributed by atoms with Gasteiger partial charge in [0.15, 0.2) is 0 Å². The molecule has 0 atom stereocenters. The number of amides is 1. The van der Waals surface area contributed by atoms with Crippen molar-refractivity contribution < 1.29 is 9.53 Å². The number of carbonyl (C=O) groups excluding carboxylic acids is 1. The second kappa shape index (κ2) is 10.9. The van der Waals surface area contributed by atoms with Crippen molar-refractivity contribution in [3.8, 4) is 5.75 Å². The number of ether oxygens (including phenoxy) is 1. The molecule has 0 radical (unpaired) electrons. The Morgan fingerprint density at radius 2 is 1.88 bits per heavy atom. The smallest absolute Gasteiger partial charge is 0.257 e. The third-order valence-electron chi connectivity index (χ3n) is 4.63. The van der Waals surface area contributed by atoms with E-state index < -0.39 is 5.91 Å². The van der Waals surface area contributed by atoms with Crippen molar-refractivity contribution in [3.63, 3.8) is 0 Å². The van der Waals surface area contributed by atoms with Gasteiger partial charge in [0.05, 0.1) is 11.8 Å². The van der Waals surface area contributed by atoms with Gasteiger partial charge in [0.25, 0.3) is 5.91 Å². The van der Waals surface area contributed by atoms with E-state index in [0.29, 0.717) is 33.9 Å². The lowest BCUT2D eigenvalue weighted by Crippen LogP contribution is -2.35. The first kappa shape index (κ1) is 24.1. The van der Waals surface area contributed by atoms with Gasteiger partial charge in [0, 0.05) is 41.8 Å². The second-order valence-corrected chi connectivity index (χ2v) is 7.44. The van der Waals surface area contributed by atoms with E-state index in [9.17, 15) is 4.79 Å². The first-order valence-corrected chi connectivity index (χ1v) is 10.4. The van der Waals surface area contributed by atoms with E-state index in [4.69, 9.17) is 21.7 Å². The Hall–Kier alpha value is -4.51. The molecule has 0 bridgehead atoms. The summed E-state index contributed by atoms with van der Waals surface area (Å²) in [5.74, 6) is 6.13. The van der Waals surface area contributed by atoms with Gasteiger partial charge in [0.1, 0.15) is 23.7 Å². The standard InChI is InChI=1S/C23H27N9O2/c1-14(2)34-17-4-5-19(24)18(12-17)22(25)15-6-8-28-20(10-15)31-23(33)16-7-9-29-21(11-16)32(27-3)13-30-26/h4-14,25,27H,24,26H2,1-3H3,(H,28,31,33)/b25-22?,30-13-. The summed E-state index contributed by atoms with van der Waals surface area (Å²) in [6, 6.07) is 11.6. The van der Waals surface area contributed by atoms with Crippen LogP contribution in [0.4, 0.5) is 17.3 Å². The fraction of sp³-hybridized carbons (Fsp3) is 0.174. The third kappa shape index (κ3) is 5.84. The number of pyridine rings is 2. The number of hydrazine groups is 1. The summed E-state index contributed by atoms with van der Waals surface area (Å²) < 4.78 is 5.72. The molecule has 11 heteroatoms. The molecule has 3 rings (SSSR count). The number of aromatic nitrogens is 2. The Morgan fingerprint density at radius 1 is 1.15 bits per heavy atom. The molecular formula is C23H27N9O2. The largest absolute Gasteiger partial charge is 0.491 e. The maximum Gasteiger partial charge on any atom is 0.257 e. The summed E-state index contributed by atoms with van der Waals surface area (Å²) in [5.41, 5.74) is 11.0. The van der Waals surface area contributed by atoms with Gasteiger partial charge in [-0.15, -0.1) is 0 Å². The number of anilines is 3. The molecule has 0 saturated heterocycles. The van der Waals surface area contributed by atoms with Gasteiger partial charge in [-0.1, -0.05) is 0 Å². The van der Waals surface area contributed by atoms with Crippen LogP contribution in [-0.4, -0.2) is 41.1 Å². The highest BCUT2D eigenvalue weighted by Crippen LogP contribution is 2.24. The SMILES string of the molecule is CNN(/C=N\N)c1cc(C(=O)Nc2cc(C(=N)c3cc(OC(C)C)ccc3N)ccn2)ccn1. The van der Waals surface area contributed by atoms with Crippen LogP contribution in [0.2, 0.25) is 0 Å². The van der Waals surface area contributed by atoms with Gasteiger partial charge in [-0.2, -0.15) is 5.10 Å². The van der Waals surface area contributed by atoms with Crippen LogP contribution in [0.3, 0.4) is 0 Å². The summed E-state index contributed by atoms with van der Waals surface area (Å²) >= 11 is 0. The number of hydrogen-bond donors (Lipinski definition) is 5. The lowest BCUT2D eigenvalue weighted by molar-refractivity contribution is 0.102. The summed E-state index contributed by atoms with van der Waals surface area (Å²) in [6.45, 7) is 3.85. The molecule has 0 aliphatic rings. The first-order chi connectivity index (χ1) is 16.3. The van der Waals surface area contributed by atoms with Crippen LogP contribution in [0, 0.1) is 5.41 Å². The van der Waals surface area contributed by atoms with Crippen LogP contribution in [0.25, 0.3) is 0 Å². The highest BCUT2D eigenvalue weighted by molar-refractivity contribution is 6.14. The van der Waals surface area contributed by atoms with Gasteiger partial charge in [0.2, 0.25) is 0 Å². The topological polar surface area (TPSA) is 168 Å². The van der Waals surface area contributed by atoms with Gasteiger partial charge in [-0.05, 0) is 56.3 Å². The lowest BCUT2D eigenvalue weighted by atomic mass is 10.0. The quantitative estimate of drug-likeness (QED) is 0.106. The number of nitrogens with zero attached hydrogens (tertiary/aromatic N) is 4. The molecular weight excluding hydrogens is 434 g/mol. The van der Waals surface area contributed by atoms with Gasteiger partial charge in [-0.25, -0.2) is 20.4 Å². The van der Waals surface area contributed by atoms with Crippen LogP contribution < -0.4 is 32.1 Å². The molecule has 0 unspecified atom stereocenters. The molecule has 2 aromatic heterocycles. The Morgan fingerprint density at radius 3 is 2.59 bits per heavy atom. The second-order valence-electron chi connectivity index (χ2n) is 7.44. The molecule has 7 N–H and O–H groups in total. The molecule has 11 nitrogen and oxygen atoms in total. The number of nitrogens with two attached hydrogens (primary N) is 2. The maximum absolute atomic E-state index is 12.8. The number of nitrogen functional groups attached to an aromatic ring is 1. The van der Waals surface area contributed by atoms with Crippen LogP contribution in [-0.2, 0) is 0 Å². The van der Waals surface area contributed by atoms with Crippen LogP contribution in [0.15, 0.2) is 60.0 Å². The van der Waals surface area contributed by atoms with Crippen molar-refractivity contribution in [2.45, 2.75) is 20.0 Å². The van der Waals surface area contributed by atoms with Crippen molar-refractivity contribution in [2.24, 2.45) is 10.9 Å². The molecule has 34 heavy (non-hydrogen) atoms. The lowest BCUT2D eigenvalue weighted by Gasteiger charge is -2.16. The maximum atomic E-state index is 12.8. The summed E-state index contributed by atoms with van der Waals surface area (Å²) in [7, 11) is 1.66. The molecule has 1 aromatic carbocycles. The molecule has 0 aliphatic carbocycles. The Labute approximate surface area is 197 Å². The molecule has 0 spiro atoms. The molecule has 3 aromatic rings. The van der Waals surface area contributed by atoms with Crippen LogP contribution in [0.1, 0.15) is 35.3 Å². The van der Waals surface area contributed by atoms with E-state index in [1.165, 1.54) is 23.7 Å². The molecule has 0 fully saturated rings. The number of rotatable bonds is 9.